The minimum absolute atomic E-state index is 0.0151. The maximum atomic E-state index is 13.5. The number of carbonyl (C=O) groups is 1. The van der Waals surface area contributed by atoms with E-state index in [1.54, 1.807) is 12.1 Å². The molecule has 2 aromatic carbocycles. The maximum absolute atomic E-state index is 13.5. The van der Waals surface area contributed by atoms with Gasteiger partial charge < -0.3 is 15.5 Å². The highest BCUT2D eigenvalue weighted by molar-refractivity contribution is 5.99. The molecule has 2 atom stereocenters. The minimum atomic E-state index is -4.72. The van der Waals surface area contributed by atoms with Crippen molar-refractivity contribution in [3.63, 3.8) is 0 Å². The van der Waals surface area contributed by atoms with E-state index in [0.717, 1.165) is 43.4 Å². The van der Waals surface area contributed by atoms with Crippen molar-refractivity contribution in [2.45, 2.75) is 57.9 Å². The van der Waals surface area contributed by atoms with Gasteiger partial charge in [-0.1, -0.05) is 41.8 Å². The lowest BCUT2D eigenvalue weighted by Gasteiger charge is -2.23. The van der Waals surface area contributed by atoms with Crippen molar-refractivity contribution in [2.24, 2.45) is 10.9 Å². The number of aryl methyl sites for hydroxylation is 1. The molecule has 38 heavy (non-hydrogen) atoms. The normalized spacial score (nSPS) is 18.3. The van der Waals surface area contributed by atoms with Crippen LogP contribution in [-0.4, -0.2) is 28.4 Å². The van der Waals surface area contributed by atoms with Crippen LogP contribution in [0.4, 0.5) is 35.2 Å². The first-order chi connectivity index (χ1) is 18.1. The third-order valence-electron chi connectivity index (χ3n) is 6.40. The average Bonchev–Trinajstić information content (AvgIpc) is 3.27. The highest BCUT2D eigenvalue weighted by Gasteiger charge is 2.32. The quantitative estimate of drug-likeness (QED) is 0.240. The van der Waals surface area contributed by atoms with Gasteiger partial charge in [0, 0.05) is 18.0 Å². The molecule has 12 heteroatoms. The van der Waals surface area contributed by atoms with Crippen LogP contribution in [0.5, 0.6) is 0 Å². The zero-order valence-electron chi connectivity index (χ0n) is 20.7. The number of aliphatic imine (C=N–C) groups is 1. The second-order valence-electron chi connectivity index (χ2n) is 9.35. The van der Waals surface area contributed by atoms with Crippen LogP contribution >= 0.6 is 0 Å². The van der Waals surface area contributed by atoms with E-state index >= 15 is 0 Å². The van der Waals surface area contributed by atoms with Crippen LogP contribution in [0.3, 0.4) is 0 Å². The predicted molar refractivity (Wildman–Crippen MR) is 131 cm³/mol. The number of benzene rings is 2. The smallest absolute Gasteiger partial charge is 0.416 e. The van der Waals surface area contributed by atoms with Gasteiger partial charge in [0.2, 0.25) is 5.27 Å². The van der Waals surface area contributed by atoms with E-state index in [4.69, 9.17) is 4.52 Å². The number of anilines is 2. The van der Waals surface area contributed by atoms with Gasteiger partial charge in [-0.25, -0.2) is 4.79 Å². The molecule has 0 spiro atoms. The fourth-order valence-corrected chi connectivity index (χ4v) is 4.40. The van der Waals surface area contributed by atoms with Crippen LogP contribution in [-0.2, 0) is 19.1 Å². The monoisotopic (exact) mass is 531 g/mol. The molecule has 9 nitrogen and oxygen atoms in total. The Morgan fingerprint density at radius 1 is 1.21 bits per heavy atom. The Bertz CT molecular complexity index is 1310. The molecule has 3 N–H and O–H groups in total. The molecule has 1 aromatic heterocycles. The first-order valence-electron chi connectivity index (χ1n) is 12.2. The van der Waals surface area contributed by atoms with Crippen molar-refractivity contribution in [2.75, 3.05) is 10.6 Å². The topological polar surface area (TPSA) is 127 Å². The number of alkyl halides is 3. The lowest BCUT2D eigenvalue weighted by molar-refractivity contribution is -0.768. The van der Waals surface area contributed by atoms with E-state index in [1.807, 2.05) is 19.1 Å². The van der Waals surface area contributed by atoms with E-state index in [-0.39, 0.29) is 29.6 Å². The number of nitrogens with one attached hydrogen (secondary N) is 2. The molecule has 1 heterocycles. The number of carbonyl (C=O) groups excluding carboxylic acids is 1. The van der Waals surface area contributed by atoms with Crippen molar-refractivity contribution < 1.29 is 37.4 Å². The standard InChI is InChI=1S/C26H28F3N5O4/c1-16-6-2-3-7-17(16)10-23(36)30-20-11-19(26(27,28)29)12-21(13-20)31-25(37)32-24-15-34(33-38-24)14-18-8-4-5-9-22(18)35/h2-3,6-7,11-13,15,18,22,35H,4-5,8-10,14H2,1H3,(H2-,30,31,32,33,36,37)/t18-,22-/m0/s1. The lowest BCUT2D eigenvalue weighted by atomic mass is 9.86. The number of rotatable bonds is 7. The molecule has 0 unspecified atom stereocenters. The highest BCUT2D eigenvalue weighted by atomic mass is 19.4. The maximum Gasteiger partial charge on any atom is 0.416 e. The lowest BCUT2D eigenvalue weighted by Crippen LogP contribution is -2.43. The van der Waals surface area contributed by atoms with Gasteiger partial charge in [0.25, 0.3) is 6.20 Å². The fraction of sp³-hybridized carbons (Fsp3) is 0.385. The molecule has 4 rings (SSSR count). The average molecular weight is 532 g/mol. The number of aromatic nitrogens is 2. The number of halogens is 3. The molecule has 1 aliphatic carbocycles. The summed E-state index contributed by atoms with van der Waals surface area (Å²) in [6, 6.07) is 8.94. The van der Waals surface area contributed by atoms with E-state index < -0.39 is 29.8 Å². The Morgan fingerprint density at radius 3 is 2.71 bits per heavy atom. The summed E-state index contributed by atoms with van der Waals surface area (Å²) in [5.41, 5.74) is 0.0621. The first-order valence-corrected chi connectivity index (χ1v) is 12.2. The van der Waals surface area contributed by atoms with Gasteiger partial charge in [-0.2, -0.15) is 13.2 Å². The number of hydrogen-bond acceptors (Lipinski definition) is 6. The molecule has 1 saturated carbocycles. The summed E-state index contributed by atoms with van der Waals surface area (Å²) in [6.07, 6.45) is -0.252. The van der Waals surface area contributed by atoms with Gasteiger partial charge in [0.15, 0.2) is 6.54 Å². The Kier molecular flexibility index (Phi) is 8.30. The van der Waals surface area contributed by atoms with Crippen molar-refractivity contribution in [1.82, 2.24) is 5.27 Å². The van der Waals surface area contributed by atoms with E-state index in [2.05, 4.69) is 20.9 Å². The van der Waals surface area contributed by atoms with Crippen molar-refractivity contribution >= 4 is 29.2 Å². The van der Waals surface area contributed by atoms with E-state index in [9.17, 15) is 28.2 Å². The van der Waals surface area contributed by atoms with Gasteiger partial charge in [-0.15, -0.1) is 0 Å². The number of hydrogen-bond donors (Lipinski definition) is 3. The van der Waals surface area contributed by atoms with Crippen LogP contribution in [0.25, 0.3) is 0 Å². The Hall–Kier alpha value is -3.93. The molecule has 1 aliphatic rings. The molecular weight excluding hydrogens is 503 g/mol. The Balaban J connectivity index is 1.45. The molecule has 0 bridgehead atoms. The van der Waals surface area contributed by atoms with Crippen LogP contribution in [0, 0.1) is 12.8 Å². The number of urea groups is 1. The molecular formula is C26H28F3N5O4. The molecule has 0 aliphatic heterocycles. The summed E-state index contributed by atoms with van der Waals surface area (Å²) >= 11 is 0. The number of nitrogens with zero attached hydrogens (tertiary/aromatic N) is 3. The van der Waals surface area contributed by atoms with Gasteiger partial charge in [-0.3, -0.25) is 14.8 Å². The van der Waals surface area contributed by atoms with Crippen molar-refractivity contribution in [3.8, 4) is 0 Å². The summed E-state index contributed by atoms with van der Waals surface area (Å²) in [5.74, 6) is -0.636. The Morgan fingerprint density at radius 2 is 1.97 bits per heavy atom. The molecule has 3 aromatic rings. The van der Waals surface area contributed by atoms with E-state index in [0.29, 0.717) is 12.1 Å². The van der Waals surface area contributed by atoms with Crippen LogP contribution in [0.2, 0.25) is 0 Å². The third-order valence-corrected chi connectivity index (χ3v) is 6.40. The second kappa shape index (κ2) is 11.6. The van der Waals surface area contributed by atoms with E-state index in [1.165, 1.54) is 16.9 Å². The van der Waals surface area contributed by atoms with Crippen molar-refractivity contribution in [3.05, 3.63) is 65.4 Å². The third kappa shape index (κ3) is 7.31. The summed E-state index contributed by atoms with van der Waals surface area (Å²) in [5, 5.41) is 31.1. The number of amides is 2. The first kappa shape index (κ1) is 27.1. The zero-order valence-corrected chi connectivity index (χ0v) is 20.7. The molecule has 1 fully saturated rings. The number of aliphatic hydroxyl groups is 1. The molecule has 2 amide bonds. The molecule has 0 radical (unpaired) electrons. The van der Waals surface area contributed by atoms with Crippen LogP contribution in [0.15, 0.2) is 58.2 Å². The summed E-state index contributed by atoms with van der Waals surface area (Å²) in [7, 11) is 0. The summed E-state index contributed by atoms with van der Waals surface area (Å²) < 4.78 is 47.0. The van der Waals surface area contributed by atoms with Gasteiger partial charge in [0.1, 0.15) is 0 Å². The Labute approximate surface area is 217 Å². The fourth-order valence-electron chi connectivity index (χ4n) is 4.40. The van der Waals surface area contributed by atoms with Crippen LogP contribution < -0.4 is 20.4 Å². The summed E-state index contributed by atoms with van der Waals surface area (Å²) in [4.78, 5) is 16.3. The number of aliphatic hydroxyl groups excluding tert-OH is 1. The molecule has 0 saturated heterocycles. The minimum Gasteiger partial charge on any atom is -0.861 e. The largest absolute Gasteiger partial charge is 0.861 e. The highest BCUT2D eigenvalue weighted by Crippen LogP contribution is 2.34. The zero-order chi connectivity index (χ0) is 27.3. The van der Waals surface area contributed by atoms with Crippen LogP contribution in [0.1, 0.15) is 42.4 Å². The van der Waals surface area contributed by atoms with Gasteiger partial charge >= 0.3 is 18.1 Å². The second-order valence-corrected chi connectivity index (χ2v) is 9.35. The summed E-state index contributed by atoms with van der Waals surface area (Å²) in [6.45, 7) is 2.23. The van der Waals surface area contributed by atoms with Crippen molar-refractivity contribution in [1.29, 1.82) is 0 Å². The SMILES string of the molecule is Cc1ccccc1CC([O-])=Nc1cc(NC(=O)Nc2c[n+](C[C@@H]3CCCC[C@@H]3O)no2)cc(C(F)(F)F)c1. The molecule has 202 valence electrons. The van der Waals surface area contributed by atoms with Gasteiger partial charge in [-0.05, 0) is 55.0 Å². The predicted octanol–water partition coefficient (Wildman–Crippen LogP) is 4.12. The van der Waals surface area contributed by atoms with Gasteiger partial charge in [0.05, 0.1) is 17.4 Å².